The van der Waals surface area contributed by atoms with E-state index in [0.29, 0.717) is 0 Å². The van der Waals surface area contributed by atoms with Crippen molar-refractivity contribution in [2.45, 2.75) is 19.6 Å². The molecule has 7 heavy (non-hydrogen) atoms. The molecule has 0 bridgehead atoms. The van der Waals surface area contributed by atoms with Crippen LogP contribution in [0.15, 0.2) is 0 Å². The normalized spacial score (nSPS) is 10.3. The molecule has 44 valence electrons. The van der Waals surface area contributed by atoms with Gasteiger partial charge in [0.15, 0.2) is 0 Å². The maximum absolute atomic E-state index is 5.15. The van der Waals surface area contributed by atoms with Crippen LogP contribution in [0.4, 0.5) is 0 Å². The van der Waals surface area contributed by atoms with E-state index in [9.17, 15) is 0 Å². The average Bonchev–Trinajstić information content (AvgIpc) is 1.61. The highest BCUT2D eigenvalue weighted by Crippen LogP contribution is 1.66. The van der Waals surface area contributed by atoms with Gasteiger partial charge in [0.2, 0.25) is 0 Å². The molecule has 0 spiro atoms. The summed E-state index contributed by atoms with van der Waals surface area (Å²) >= 11 is 0. The largest absolute Gasteiger partial charge is 0.304 e. The first kappa shape index (κ1) is 6.88. The summed E-state index contributed by atoms with van der Waals surface area (Å²) in [5.74, 6) is 0. The molecule has 0 aliphatic heterocycles. The van der Waals surface area contributed by atoms with E-state index in [4.69, 9.17) is 11.5 Å². The van der Waals surface area contributed by atoms with E-state index in [2.05, 4.69) is 12.2 Å². The number of rotatable bonds is 3. The zero-order valence-corrected chi connectivity index (χ0v) is 4.65. The Hall–Kier alpha value is -0.120. The third-order valence-electron chi connectivity index (χ3n) is 0.630. The van der Waals surface area contributed by atoms with E-state index in [-0.39, 0.29) is 6.29 Å². The van der Waals surface area contributed by atoms with Gasteiger partial charge in [0.05, 0.1) is 0 Å². The molecule has 0 saturated carbocycles. The van der Waals surface area contributed by atoms with Crippen LogP contribution in [-0.4, -0.2) is 12.8 Å². The minimum absolute atomic E-state index is 0.347. The van der Waals surface area contributed by atoms with E-state index in [1.165, 1.54) is 0 Å². The summed E-state index contributed by atoms with van der Waals surface area (Å²) in [5.41, 5.74) is 10.3. The first-order valence-corrected chi connectivity index (χ1v) is 2.52. The summed E-state index contributed by atoms with van der Waals surface area (Å²) in [6.07, 6.45) is 0.727. The van der Waals surface area contributed by atoms with Gasteiger partial charge in [-0.2, -0.15) is 0 Å². The van der Waals surface area contributed by atoms with E-state index in [1.54, 1.807) is 0 Å². The molecule has 0 aromatic heterocycles. The zero-order valence-electron chi connectivity index (χ0n) is 4.65. The lowest BCUT2D eigenvalue weighted by molar-refractivity contribution is 0.543. The van der Waals surface area contributed by atoms with Crippen molar-refractivity contribution < 1.29 is 0 Å². The second kappa shape index (κ2) is 4.05. The van der Waals surface area contributed by atoms with Gasteiger partial charge in [0.1, 0.15) is 6.29 Å². The molecule has 0 fully saturated rings. The molecule has 0 saturated heterocycles. The van der Waals surface area contributed by atoms with Gasteiger partial charge in [-0.15, -0.1) is 0 Å². The number of nitrogens with one attached hydrogen (secondary N) is 1. The average molecular weight is 103 g/mol. The predicted octanol–water partition coefficient (Wildman–Crippen LogP) is -0.813. The molecular weight excluding hydrogens is 90.1 g/mol. The van der Waals surface area contributed by atoms with Crippen LogP contribution in [0.5, 0.6) is 0 Å². The maximum atomic E-state index is 5.15. The van der Waals surface area contributed by atoms with Crippen LogP contribution in [0.3, 0.4) is 0 Å². The van der Waals surface area contributed by atoms with Gasteiger partial charge >= 0.3 is 0 Å². The highest BCUT2D eigenvalue weighted by Gasteiger charge is 1.85. The molecule has 0 aliphatic rings. The lowest BCUT2D eigenvalue weighted by atomic mass is 10.5. The fraction of sp³-hybridized carbons (Fsp3) is 1.00. The second-order valence-electron chi connectivity index (χ2n) is 1.48. The van der Waals surface area contributed by atoms with Crippen LogP contribution >= 0.6 is 0 Å². The summed E-state index contributed by atoms with van der Waals surface area (Å²) in [7, 11) is 0. The lowest BCUT2D eigenvalue weighted by Crippen LogP contribution is -2.45. The van der Waals surface area contributed by atoms with Gasteiger partial charge in [-0.1, -0.05) is 6.92 Å². The Labute approximate surface area is 44.1 Å². The van der Waals surface area contributed by atoms with Crippen LogP contribution in [0.1, 0.15) is 13.3 Å². The van der Waals surface area contributed by atoms with Crippen molar-refractivity contribution in [3.63, 3.8) is 0 Å². The third kappa shape index (κ3) is 5.88. The standard InChI is InChI=1S/C4H13N3/c1-2-3-7-4(5)6/h4,7H,2-3,5-6H2,1H3. The first-order chi connectivity index (χ1) is 3.27. The fourth-order valence-corrected chi connectivity index (χ4v) is 0.311. The smallest absolute Gasteiger partial charge is 0.106 e. The molecule has 0 unspecified atom stereocenters. The van der Waals surface area contributed by atoms with E-state index in [1.807, 2.05) is 0 Å². The lowest BCUT2D eigenvalue weighted by Gasteiger charge is -2.04. The Bertz CT molecular complexity index is 35.9. The quantitative estimate of drug-likeness (QED) is 0.409. The van der Waals surface area contributed by atoms with E-state index in [0.717, 1.165) is 13.0 Å². The van der Waals surface area contributed by atoms with E-state index >= 15 is 0 Å². The van der Waals surface area contributed by atoms with Gasteiger partial charge < -0.3 is 11.5 Å². The Morgan fingerprint density at radius 1 is 1.57 bits per heavy atom. The Morgan fingerprint density at radius 3 is 2.29 bits per heavy atom. The first-order valence-electron chi connectivity index (χ1n) is 2.52. The SMILES string of the molecule is CCCNC(N)N. The van der Waals surface area contributed by atoms with Gasteiger partial charge in [-0.3, -0.25) is 5.32 Å². The summed E-state index contributed by atoms with van der Waals surface area (Å²) < 4.78 is 0. The molecular formula is C4H13N3. The number of hydrogen-bond donors (Lipinski definition) is 3. The minimum Gasteiger partial charge on any atom is -0.304 e. The van der Waals surface area contributed by atoms with Crippen LogP contribution in [0.25, 0.3) is 0 Å². The van der Waals surface area contributed by atoms with Crippen LogP contribution in [0.2, 0.25) is 0 Å². The highest BCUT2D eigenvalue weighted by molar-refractivity contribution is 4.45. The third-order valence-corrected chi connectivity index (χ3v) is 0.630. The van der Waals surface area contributed by atoms with E-state index < -0.39 is 0 Å². The molecule has 0 aromatic carbocycles. The van der Waals surface area contributed by atoms with Crippen molar-refractivity contribution in [2.75, 3.05) is 6.54 Å². The molecule has 0 aliphatic carbocycles. The molecule has 0 amide bonds. The second-order valence-corrected chi connectivity index (χ2v) is 1.48. The molecule has 0 atom stereocenters. The van der Waals surface area contributed by atoms with Gasteiger partial charge in [0, 0.05) is 0 Å². The molecule has 3 nitrogen and oxygen atoms in total. The maximum Gasteiger partial charge on any atom is 0.106 e. The van der Waals surface area contributed by atoms with Gasteiger partial charge in [0.25, 0.3) is 0 Å². The fourth-order valence-electron chi connectivity index (χ4n) is 0.311. The monoisotopic (exact) mass is 103 g/mol. The van der Waals surface area contributed by atoms with Gasteiger partial charge in [-0.05, 0) is 13.0 Å². The topological polar surface area (TPSA) is 64.1 Å². The van der Waals surface area contributed by atoms with Crippen molar-refractivity contribution in [3.8, 4) is 0 Å². The number of nitrogens with two attached hydrogens (primary N) is 2. The van der Waals surface area contributed by atoms with Crippen LogP contribution in [-0.2, 0) is 0 Å². The van der Waals surface area contributed by atoms with Crippen molar-refractivity contribution in [3.05, 3.63) is 0 Å². The zero-order chi connectivity index (χ0) is 5.70. The van der Waals surface area contributed by atoms with Crippen LogP contribution < -0.4 is 16.8 Å². The molecule has 3 heteroatoms. The van der Waals surface area contributed by atoms with Crippen molar-refractivity contribution in [2.24, 2.45) is 11.5 Å². The van der Waals surface area contributed by atoms with Crippen LogP contribution in [0, 0.1) is 0 Å². The number of hydrogen-bond acceptors (Lipinski definition) is 3. The highest BCUT2D eigenvalue weighted by atomic mass is 15.1. The predicted molar refractivity (Wildman–Crippen MR) is 30.5 cm³/mol. The molecule has 5 N–H and O–H groups in total. The Kier molecular flexibility index (Phi) is 3.98. The summed E-state index contributed by atoms with van der Waals surface area (Å²) in [6, 6.07) is 0. The van der Waals surface area contributed by atoms with Crippen molar-refractivity contribution in [1.29, 1.82) is 0 Å². The Balaban J connectivity index is 2.68. The van der Waals surface area contributed by atoms with Crippen molar-refractivity contribution >= 4 is 0 Å². The molecule has 0 heterocycles. The van der Waals surface area contributed by atoms with Crippen molar-refractivity contribution in [1.82, 2.24) is 5.32 Å². The molecule has 0 radical (unpaired) electrons. The summed E-state index contributed by atoms with van der Waals surface area (Å²) in [5, 5.41) is 2.85. The molecule has 0 aromatic rings. The molecule has 0 rings (SSSR count). The summed E-state index contributed by atoms with van der Waals surface area (Å²) in [4.78, 5) is 0. The van der Waals surface area contributed by atoms with Gasteiger partial charge in [-0.25, -0.2) is 0 Å². The minimum atomic E-state index is -0.347. The summed E-state index contributed by atoms with van der Waals surface area (Å²) in [6.45, 7) is 2.97. The Morgan fingerprint density at radius 2 is 2.14 bits per heavy atom.